The van der Waals surface area contributed by atoms with E-state index in [-0.39, 0.29) is 5.41 Å². The van der Waals surface area contributed by atoms with Crippen molar-refractivity contribution in [1.29, 1.82) is 0 Å². The van der Waals surface area contributed by atoms with Crippen molar-refractivity contribution in [2.45, 2.75) is 83.0 Å². The van der Waals surface area contributed by atoms with Crippen molar-refractivity contribution < 1.29 is 0 Å². The maximum atomic E-state index is 2.54. The van der Waals surface area contributed by atoms with E-state index in [0.29, 0.717) is 0 Å². The van der Waals surface area contributed by atoms with E-state index in [2.05, 4.69) is 105 Å². The summed E-state index contributed by atoms with van der Waals surface area (Å²) in [5.74, 6) is 6.89. The molecule has 5 unspecified atom stereocenters. The Hall–Kier alpha value is -3.12. The third-order valence-corrected chi connectivity index (χ3v) is 13.3. The van der Waals surface area contributed by atoms with E-state index < -0.39 is 0 Å². The number of fused-ring (bicyclic) bond motifs is 4. The molecular formula is C43H46. The van der Waals surface area contributed by atoms with E-state index >= 15 is 0 Å². The van der Waals surface area contributed by atoms with Crippen LogP contribution in [0.2, 0.25) is 0 Å². The lowest BCUT2D eigenvalue weighted by Crippen LogP contribution is -2.55. The molecule has 4 aromatic carbocycles. The first-order chi connectivity index (χ1) is 21.1. The Morgan fingerprint density at radius 3 is 1.53 bits per heavy atom. The van der Waals surface area contributed by atoms with Gasteiger partial charge in [0, 0.05) is 5.41 Å². The number of benzene rings is 4. The second-order valence-corrected chi connectivity index (χ2v) is 15.4. The first-order valence-corrected chi connectivity index (χ1v) is 17.5. The number of hydrogen-bond donors (Lipinski definition) is 0. The molecule has 4 aromatic rings. The minimum atomic E-state index is -0.0141. The van der Waals surface area contributed by atoms with Crippen LogP contribution >= 0.6 is 0 Å². The average Bonchev–Trinajstić information content (AvgIpc) is 3.30. The lowest BCUT2D eigenvalue weighted by Gasteiger charge is -2.63. The van der Waals surface area contributed by atoms with Gasteiger partial charge in [-0.2, -0.15) is 0 Å². The Balaban J connectivity index is 1.02. The van der Waals surface area contributed by atoms with Gasteiger partial charge in [-0.1, -0.05) is 118 Å². The second kappa shape index (κ2) is 9.95. The molecule has 0 aromatic heterocycles. The highest BCUT2D eigenvalue weighted by Gasteiger charge is 2.57. The summed E-state index contributed by atoms with van der Waals surface area (Å²) in [5, 5.41) is 0. The number of rotatable bonds is 3. The van der Waals surface area contributed by atoms with Crippen LogP contribution in [0.25, 0.3) is 33.4 Å². The minimum absolute atomic E-state index is 0.0141. The lowest BCUT2D eigenvalue weighted by molar-refractivity contribution is -0.121. The van der Waals surface area contributed by atoms with Gasteiger partial charge in [-0.05, 0) is 136 Å². The van der Waals surface area contributed by atoms with Crippen LogP contribution in [0.5, 0.6) is 0 Å². The fraction of sp³-hybridized carbons (Fsp3) is 0.442. The van der Waals surface area contributed by atoms with Gasteiger partial charge in [-0.15, -0.1) is 0 Å². The van der Waals surface area contributed by atoms with Crippen molar-refractivity contribution in [1.82, 2.24) is 0 Å². The SMILES string of the molecule is CC1(C)c2cc(-c3ccccc3)ccc2-c2ccc(-c3ccc(C4CC5C6CCCCC6C4C4CCCCC54)cc3)cc21. The van der Waals surface area contributed by atoms with Crippen molar-refractivity contribution in [2.75, 3.05) is 0 Å². The summed E-state index contributed by atoms with van der Waals surface area (Å²) in [5.41, 5.74) is 12.7. The molecule has 0 heterocycles. The molecule has 0 heteroatoms. The van der Waals surface area contributed by atoms with Crippen LogP contribution < -0.4 is 0 Å². The van der Waals surface area contributed by atoms with Gasteiger partial charge in [0.25, 0.3) is 0 Å². The largest absolute Gasteiger partial charge is 0.0622 e. The van der Waals surface area contributed by atoms with Gasteiger partial charge in [0.05, 0.1) is 0 Å². The quantitative estimate of drug-likeness (QED) is 0.233. The van der Waals surface area contributed by atoms with Crippen LogP contribution in [-0.4, -0.2) is 0 Å². The molecule has 6 aliphatic carbocycles. The van der Waals surface area contributed by atoms with E-state index in [9.17, 15) is 0 Å². The van der Waals surface area contributed by atoms with Gasteiger partial charge in [-0.3, -0.25) is 0 Å². The third kappa shape index (κ3) is 4.01. The van der Waals surface area contributed by atoms with Gasteiger partial charge < -0.3 is 0 Å². The molecule has 5 atom stereocenters. The van der Waals surface area contributed by atoms with Gasteiger partial charge in [0.2, 0.25) is 0 Å². The Labute approximate surface area is 259 Å². The van der Waals surface area contributed by atoms with Gasteiger partial charge in [0.15, 0.2) is 0 Å². The van der Waals surface area contributed by atoms with E-state index in [4.69, 9.17) is 0 Å². The van der Waals surface area contributed by atoms with Crippen molar-refractivity contribution in [3.63, 3.8) is 0 Å². The minimum Gasteiger partial charge on any atom is -0.0622 e. The molecule has 5 fully saturated rings. The molecule has 2 bridgehead atoms. The summed E-state index contributed by atoms with van der Waals surface area (Å²) >= 11 is 0. The zero-order chi connectivity index (χ0) is 28.7. The summed E-state index contributed by atoms with van der Waals surface area (Å²) in [6.07, 6.45) is 13.5. The van der Waals surface area contributed by atoms with Crippen molar-refractivity contribution in [3.05, 3.63) is 108 Å². The zero-order valence-electron chi connectivity index (χ0n) is 26.1. The normalized spacial score (nSPS) is 31.5. The molecular weight excluding hydrogens is 516 g/mol. The predicted molar refractivity (Wildman–Crippen MR) is 180 cm³/mol. The van der Waals surface area contributed by atoms with Gasteiger partial charge in [-0.25, -0.2) is 0 Å². The summed E-state index contributed by atoms with van der Waals surface area (Å²) in [4.78, 5) is 0. The maximum absolute atomic E-state index is 2.54. The molecule has 0 aliphatic heterocycles. The van der Waals surface area contributed by atoms with Crippen LogP contribution in [0.4, 0.5) is 0 Å². The molecule has 5 saturated carbocycles. The molecule has 0 saturated heterocycles. The van der Waals surface area contributed by atoms with Crippen LogP contribution in [0.15, 0.2) is 91.0 Å². The highest BCUT2D eigenvalue weighted by atomic mass is 14.6. The highest BCUT2D eigenvalue weighted by molar-refractivity contribution is 5.85. The Kier molecular flexibility index (Phi) is 6.08. The lowest BCUT2D eigenvalue weighted by atomic mass is 9.42. The Morgan fingerprint density at radius 1 is 0.488 bits per heavy atom. The van der Waals surface area contributed by atoms with E-state index in [1.807, 2.05) is 0 Å². The standard InChI is InChI=1S/C43H46/c1-43(2)40-24-30(27-10-4-3-5-11-27)20-22-34(40)35-23-21-31(25-41(35)43)28-16-18-29(19-17-28)38-26-39-32-12-6-8-14-36(32)42(38)37-15-9-7-13-33(37)39/h3-5,10-11,16-25,32-33,36-39,42H,6-9,12-15,26H2,1-2H3. The van der Waals surface area contributed by atoms with Crippen LogP contribution in [0.3, 0.4) is 0 Å². The summed E-state index contributed by atoms with van der Waals surface area (Å²) < 4.78 is 0. The predicted octanol–water partition coefficient (Wildman–Crippen LogP) is 11.7. The van der Waals surface area contributed by atoms with Gasteiger partial charge >= 0.3 is 0 Å². The Morgan fingerprint density at radius 2 is 0.977 bits per heavy atom. The average molecular weight is 563 g/mol. The molecule has 0 radical (unpaired) electrons. The van der Waals surface area contributed by atoms with Crippen molar-refractivity contribution in [2.24, 2.45) is 35.5 Å². The van der Waals surface area contributed by atoms with E-state index in [1.54, 1.807) is 5.56 Å². The smallest absolute Gasteiger partial charge is 0.0159 e. The zero-order valence-corrected chi connectivity index (χ0v) is 26.1. The fourth-order valence-corrected chi connectivity index (χ4v) is 11.4. The second-order valence-electron chi connectivity index (χ2n) is 15.4. The molecule has 0 nitrogen and oxygen atoms in total. The van der Waals surface area contributed by atoms with Crippen LogP contribution in [-0.2, 0) is 5.41 Å². The van der Waals surface area contributed by atoms with Crippen molar-refractivity contribution in [3.8, 4) is 33.4 Å². The van der Waals surface area contributed by atoms with E-state index in [0.717, 1.165) is 41.4 Å². The summed E-state index contributed by atoms with van der Waals surface area (Å²) in [7, 11) is 0. The molecule has 0 spiro atoms. The van der Waals surface area contributed by atoms with E-state index in [1.165, 1.54) is 102 Å². The Bertz CT molecular complexity index is 1630. The monoisotopic (exact) mass is 562 g/mol. The third-order valence-electron chi connectivity index (χ3n) is 13.3. The molecule has 43 heavy (non-hydrogen) atoms. The molecule has 0 N–H and O–H groups in total. The highest BCUT2D eigenvalue weighted by Crippen LogP contribution is 2.66. The number of hydrogen-bond acceptors (Lipinski definition) is 0. The maximum Gasteiger partial charge on any atom is 0.0159 e. The van der Waals surface area contributed by atoms with Crippen LogP contribution in [0.1, 0.15) is 94.2 Å². The first-order valence-electron chi connectivity index (χ1n) is 17.5. The molecule has 0 amide bonds. The van der Waals surface area contributed by atoms with Crippen LogP contribution in [0, 0.1) is 35.5 Å². The summed E-state index contributed by atoms with van der Waals surface area (Å²) in [6, 6.07) is 35.1. The summed E-state index contributed by atoms with van der Waals surface area (Å²) in [6.45, 7) is 4.82. The fourth-order valence-electron chi connectivity index (χ4n) is 11.4. The molecule has 218 valence electrons. The topological polar surface area (TPSA) is 0 Å². The molecule has 10 rings (SSSR count). The molecule has 6 aliphatic rings. The van der Waals surface area contributed by atoms with Gasteiger partial charge in [0.1, 0.15) is 0 Å². The van der Waals surface area contributed by atoms with Crippen molar-refractivity contribution >= 4 is 0 Å². The first kappa shape index (κ1) is 26.3.